The lowest BCUT2D eigenvalue weighted by Crippen LogP contribution is -2.47. The fourth-order valence-corrected chi connectivity index (χ4v) is 2.49. The molecule has 3 N–H and O–H groups in total. The Kier molecular flexibility index (Phi) is 4.22. The number of nitrogens with two attached hydrogens (primary N) is 1. The summed E-state index contributed by atoms with van der Waals surface area (Å²) in [5, 5.41) is 9.22. The first-order valence-electron chi connectivity index (χ1n) is 6.42. The topological polar surface area (TPSA) is 58.7 Å². The van der Waals surface area contributed by atoms with E-state index in [1.807, 2.05) is 19.1 Å². The minimum atomic E-state index is -0.0740. The van der Waals surface area contributed by atoms with E-state index in [4.69, 9.17) is 10.5 Å². The van der Waals surface area contributed by atoms with Gasteiger partial charge < -0.3 is 15.6 Å². The third-order valence-electron chi connectivity index (χ3n) is 3.49. The second kappa shape index (κ2) is 5.69. The van der Waals surface area contributed by atoms with E-state index in [9.17, 15) is 5.11 Å². The van der Waals surface area contributed by atoms with Crippen LogP contribution in [-0.4, -0.2) is 41.9 Å². The minimum Gasteiger partial charge on any atom is -0.399 e. The predicted octanol–water partition coefficient (Wildman–Crippen LogP) is 1.16. The van der Waals surface area contributed by atoms with E-state index in [0.717, 1.165) is 30.9 Å². The number of aliphatic hydroxyl groups excluding tert-OH is 1. The second-order valence-corrected chi connectivity index (χ2v) is 5.08. The summed E-state index contributed by atoms with van der Waals surface area (Å²) >= 11 is 0. The van der Waals surface area contributed by atoms with Crippen molar-refractivity contribution in [3.8, 4) is 0 Å². The summed E-state index contributed by atoms with van der Waals surface area (Å²) in [5.74, 6) is 0. The number of hydrogen-bond acceptors (Lipinski definition) is 4. The first kappa shape index (κ1) is 13.3. The average Bonchev–Trinajstić information content (AvgIpc) is 2.34. The number of anilines is 1. The summed E-state index contributed by atoms with van der Waals surface area (Å²) in [6.45, 7) is 6.71. The van der Waals surface area contributed by atoms with Crippen LogP contribution in [-0.2, 0) is 11.3 Å². The summed E-state index contributed by atoms with van der Waals surface area (Å²) in [6.07, 6.45) is 0.0902. The van der Waals surface area contributed by atoms with Crippen molar-refractivity contribution in [2.75, 3.05) is 25.4 Å². The van der Waals surface area contributed by atoms with Crippen LogP contribution in [0.1, 0.15) is 18.1 Å². The van der Waals surface area contributed by atoms with Crippen LogP contribution in [0.2, 0.25) is 0 Å². The zero-order valence-corrected chi connectivity index (χ0v) is 11.1. The zero-order valence-electron chi connectivity index (χ0n) is 11.1. The summed E-state index contributed by atoms with van der Waals surface area (Å²) in [6, 6.07) is 6.03. The molecule has 4 heteroatoms. The zero-order chi connectivity index (χ0) is 13.1. The molecule has 1 fully saturated rings. The van der Waals surface area contributed by atoms with Crippen molar-refractivity contribution in [3.63, 3.8) is 0 Å². The average molecular weight is 250 g/mol. The quantitative estimate of drug-likeness (QED) is 0.790. The number of benzene rings is 1. The number of morpholine rings is 1. The molecule has 2 unspecified atom stereocenters. The van der Waals surface area contributed by atoms with E-state index < -0.39 is 0 Å². The van der Waals surface area contributed by atoms with Crippen LogP contribution in [0, 0.1) is 6.92 Å². The highest BCUT2D eigenvalue weighted by molar-refractivity contribution is 5.49. The van der Waals surface area contributed by atoms with E-state index in [2.05, 4.69) is 17.9 Å². The molecule has 0 aliphatic carbocycles. The Morgan fingerprint density at radius 2 is 2.22 bits per heavy atom. The summed E-state index contributed by atoms with van der Waals surface area (Å²) in [4.78, 5) is 2.32. The lowest BCUT2D eigenvalue weighted by Gasteiger charge is -2.36. The number of ether oxygens (including phenoxy) is 1. The molecule has 0 aromatic heterocycles. The van der Waals surface area contributed by atoms with E-state index in [-0.39, 0.29) is 18.8 Å². The molecule has 18 heavy (non-hydrogen) atoms. The molecule has 0 amide bonds. The maximum absolute atomic E-state index is 9.22. The van der Waals surface area contributed by atoms with E-state index >= 15 is 0 Å². The molecule has 1 saturated heterocycles. The lowest BCUT2D eigenvalue weighted by atomic mass is 10.1. The normalized spacial score (nSPS) is 25.3. The molecule has 1 aromatic carbocycles. The van der Waals surface area contributed by atoms with E-state index in [0.29, 0.717) is 0 Å². The third-order valence-corrected chi connectivity index (χ3v) is 3.49. The van der Waals surface area contributed by atoms with Gasteiger partial charge in [0.2, 0.25) is 0 Å². The van der Waals surface area contributed by atoms with Crippen molar-refractivity contribution in [3.05, 3.63) is 29.3 Å². The molecule has 0 bridgehead atoms. The highest BCUT2D eigenvalue weighted by Crippen LogP contribution is 2.19. The van der Waals surface area contributed by atoms with Gasteiger partial charge in [-0.15, -0.1) is 0 Å². The SMILES string of the molecule is Cc1c(N)cccc1CN1CC(C)OC(CO)C1. The molecule has 2 rings (SSSR count). The largest absolute Gasteiger partial charge is 0.399 e. The number of hydrogen-bond donors (Lipinski definition) is 2. The van der Waals surface area contributed by atoms with Gasteiger partial charge >= 0.3 is 0 Å². The fraction of sp³-hybridized carbons (Fsp3) is 0.571. The Morgan fingerprint density at radius 3 is 2.94 bits per heavy atom. The standard InChI is InChI=1S/C14H22N2O2/c1-10-6-16(8-13(9-17)18-10)7-12-4-3-5-14(15)11(12)2/h3-5,10,13,17H,6-9,15H2,1-2H3. The lowest BCUT2D eigenvalue weighted by molar-refractivity contribution is -0.0972. The van der Waals surface area contributed by atoms with Crippen molar-refractivity contribution >= 4 is 5.69 Å². The van der Waals surface area contributed by atoms with Gasteiger partial charge in [0.15, 0.2) is 0 Å². The van der Waals surface area contributed by atoms with Crippen LogP contribution < -0.4 is 5.73 Å². The van der Waals surface area contributed by atoms with Gasteiger partial charge in [-0.25, -0.2) is 0 Å². The molecule has 1 aliphatic rings. The highest BCUT2D eigenvalue weighted by atomic mass is 16.5. The van der Waals surface area contributed by atoms with E-state index in [1.165, 1.54) is 5.56 Å². The third kappa shape index (κ3) is 3.02. The van der Waals surface area contributed by atoms with Gasteiger partial charge in [-0.1, -0.05) is 12.1 Å². The maximum Gasteiger partial charge on any atom is 0.0936 e. The van der Waals surface area contributed by atoms with E-state index in [1.54, 1.807) is 0 Å². The van der Waals surface area contributed by atoms with Crippen molar-refractivity contribution in [2.45, 2.75) is 32.6 Å². The van der Waals surface area contributed by atoms with Gasteiger partial charge in [0, 0.05) is 25.3 Å². The Bertz CT molecular complexity index is 409. The highest BCUT2D eigenvalue weighted by Gasteiger charge is 2.24. The first-order chi connectivity index (χ1) is 8.60. The number of nitrogens with zero attached hydrogens (tertiary/aromatic N) is 1. The van der Waals surface area contributed by atoms with Crippen molar-refractivity contribution in [1.29, 1.82) is 0 Å². The van der Waals surface area contributed by atoms with Crippen molar-refractivity contribution in [1.82, 2.24) is 4.90 Å². The number of rotatable bonds is 3. The maximum atomic E-state index is 9.22. The Balaban J connectivity index is 2.06. The summed E-state index contributed by atoms with van der Waals surface area (Å²) in [5.41, 5.74) is 9.16. The molecular formula is C14H22N2O2. The van der Waals surface area contributed by atoms with Gasteiger partial charge in [0.05, 0.1) is 18.8 Å². The number of nitrogen functional groups attached to an aromatic ring is 1. The van der Waals surface area contributed by atoms with Gasteiger partial charge in [0.25, 0.3) is 0 Å². The fourth-order valence-electron chi connectivity index (χ4n) is 2.49. The van der Waals surface area contributed by atoms with Gasteiger partial charge in [0.1, 0.15) is 0 Å². The van der Waals surface area contributed by atoms with Crippen molar-refractivity contribution < 1.29 is 9.84 Å². The molecule has 0 saturated carbocycles. The second-order valence-electron chi connectivity index (χ2n) is 5.08. The molecule has 0 radical (unpaired) electrons. The summed E-state index contributed by atoms with van der Waals surface area (Å²) < 4.78 is 5.64. The molecule has 1 aromatic rings. The van der Waals surface area contributed by atoms with Crippen LogP contribution in [0.4, 0.5) is 5.69 Å². The van der Waals surface area contributed by atoms with Crippen LogP contribution in [0.25, 0.3) is 0 Å². The van der Waals surface area contributed by atoms with Crippen molar-refractivity contribution in [2.24, 2.45) is 0 Å². The van der Waals surface area contributed by atoms with Crippen LogP contribution in [0.15, 0.2) is 18.2 Å². The number of aliphatic hydroxyl groups is 1. The summed E-state index contributed by atoms with van der Waals surface area (Å²) in [7, 11) is 0. The van der Waals surface area contributed by atoms with Crippen LogP contribution in [0.5, 0.6) is 0 Å². The molecule has 0 spiro atoms. The monoisotopic (exact) mass is 250 g/mol. The van der Waals surface area contributed by atoms with Gasteiger partial charge in [-0.2, -0.15) is 0 Å². The predicted molar refractivity (Wildman–Crippen MR) is 72.3 cm³/mol. The molecule has 1 heterocycles. The van der Waals surface area contributed by atoms with Gasteiger partial charge in [-0.3, -0.25) is 4.90 Å². The molecular weight excluding hydrogens is 228 g/mol. The smallest absolute Gasteiger partial charge is 0.0936 e. The van der Waals surface area contributed by atoms with Gasteiger partial charge in [-0.05, 0) is 31.0 Å². The Hall–Kier alpha value is -1.10. The molecule has 4 nitrogen and oxygen atoms in total. The molecule has 100 valence electrons. The Morgan fingerprint density at radius 1 is 1.44 bits per heavy atom. The molecule has 2 atom stereocenters. The van der Waals surface area contributed by atoms with Crippen LogP contribution >= 0.6 is 0 Å². The Labute approximate surface area is 108 Å². The minimum absolute atomic E-state index is 0.0740. The molecule has 1 aliphatic heterocycles. The first-order valence-corrected chi connectivity index (χ1v) is 6.42. The van der Waals surface area contributed by atoms with Crippen LogP contribution in [0.3, 0.4) is 0 Å².